The molecule has 0 heterocycles. The highest BCUT2D eigenvalue weighted by atomic mass is 32.2. The SMILES string of the molecule is [B]Cc1cc([B])cc([B])c1OC(=O)/C=C/C(=O)OC(CS(=O)(=O)O)(C(F)(F)F)C(F)(F)F. The number of hydrogen-bond donors (Lipinski definition) is 1. The van der Waals surface area contributed by atoms with Crippen molar-refractivity contribution < 1.29 is 58.4 Å². The van der Waals surface area contributed by atoms with Crippen LogP contribution >= 0.6 is 0 Å². The van der Waals surface area contributed by atoms with Crippen molar-refractivity contribution in [1.82, 2.24) is 0 Å². The highest BCUT2D eigenvalue weighted by Crippen LogP contribution is 2.46. The molecule has 32 heavy (non-hydrogen) atoms. The highest BCUT2D eigenvalue weighted by molar-refractivity contribution is 7.85. The molecule has 0 fully saturated rings. The largest absolute Gasteiger partial charge is 0.438 e. The van der Waals surface area contributed by atoms with Crippen LogP contribution in [-0.4, -0.2) is 72.2 Å². The van der Waals surface area contributed by atoms with E-state index in [0.717, 1.165) is 6.07 Å². The van der Waals surface area contributed by atoms with Crippen LogP contribution in [0.5, 0.6) is 5.75 Å². The molecular weight excluding hydrogens is 471 g/mol. The van der Waals surface area contributed by atoms with E-state index in [1.165, 1.54) is 6.07 Å². The highest BCUT2D eigenvalue weighted by Gasteiger charge is 2.75. The Morgan fingerprint density at radius 3 is 1.94 bits per heavy atom. The molecule has 0 amide bonds. The van der Waals surface area contributed by atoms with E-state index in [4.69, 9.17) is 32.8 Å². The minimum absolute atomic E-state index is 0.0867. The summed E-state index contributed by atoms with van der Waals surface area (Å²) in [5.41, 5.74) is -5.58. The van der Waals surface area contributed by atoms with Gasteiger partial charge in [-0.05, 0) is 5.56 Å². The molecule has 1 N–H and O–H groups in total. The third kappa shape index (κ3) is 6.79. The summed E-state index contributed by atoms with van der Waals surface area (Å²) in [7, 11) is 10.6. The molecule has 0 aliphatic carbocycles. The van der Waals surface area contributed by atoms with Crippen molar-refractivity contribution in [3.8, 4) is 5.75 Å². The second-order valence-corrected chi connectivity index (χ2v) is 7.48. The van der Waals surface area contributed by atoms with E-state index in [2.05, 4.69) is 4.74 Å². The summed E-state index contributed by atoms with van der Waals surface area (Å²) < 4.78 is 117. The predicted molar refractivity (Wildman–Crippen MR) is 98.8 cm³/mol. The minimum Gasteiger partial charge on any atom is -0.435 e. The molecule has 0 spiro atoms. The zero-order valence-electron chi connectivity index (χ0n) is 15.5. The van der Waals surface area contributed by atoms with Gasteiger partial charge in [0.2, 0.25) is 0 Å². The van der Waals surface area contributed by atoms with Crippen molar-refractivity contribution in [2.45, 2.75) is 24.3 Å². The molecular formula is C15H9B3F6O7S. The fourth-order valence-corrected chi connectivity index (χ4v) is 3.12. The Morgan fingerprint density at radius 2 is 1.50 bits per heavy atom. The first-order chi connectivity index (χ1) is 14.3. The van der Waals surface area contributed by atoms with Crippen LogP contribution in [0.4, 0.5) is 26.3 Å². The second kappa shape index (κ2) is 9.61. The van der Waals surface area contributed by atoms with Crippen LogP contribution in [-0.2, 0) is 30.8 Å². The zero-order chi connectivity index (χ0) is 25.1. The first-order valence-electron chi connectivity index (χ1n) is 7.92. The Hall–Kier alpha value is -2.42. The van der Waals surface area contributed by atoms with Crippen LogP contribution in [0.25, 0.3) is 0 Å². The number of halogens is 6. The average molecular weight is 480 g/mol. The number of rotatable bonds is 7. The number of carbonyl (C=O) groups is 2. The van der Waals surface area contributed by atoms with Crippen LogP contribution in [0.3, 0.4) is 0 Å². The lowest BCUT2D eigenvalue weighted by atomic mass is 9.81. The smallest absolute Gasteiger partial charge is 0.435 e. The standard InChI is InChI=1S/C15H9B3F6O7S/c16-5-7-3-8(17)4-9(18)12(7)30-10(25)1-2-11(26)31-13(14(19,20)21,15(22,23)24)6-32(27,28)29/h1-4H,5-6H2,(H,27,28,29)/b2-1+. The summed E-state index contributed by atoms with van der Waals surface area (Å²) in [5, 5.41) is 0. The molecule has 6 radical (unpaired) electrons. The maximum atomic E-state index is 13.1. The third-order valence-electron chi connectivity index (χ3n) is 3.57. The predicted octanol–water partition coefficient (Wildman–Crippen LogP) is -0.301. The molecule has 0 atom stereocenters. The van der Waals surface area contributed by atoms with Crippen LogP contribution in [0.2, 0.25) is 0 Å². The van der Waals surface area contributed by atoms with E-state index < -0.39 is 45.8 Å². The van der Waals surface area contributed by atoms with Crippen molar-refractivity contribution in [3.63, 3.8) is 0 Å². The fraction of sp³-hybridized carbons (Fsp3) is 0.333. The summed E-state index contributed by atoms with van der Waals surface area (Å²) in [4.78, 5) is 23.4. The van der Waals surface area contributed by atoms with E-state index in [1.807, 2.05) is 0 Å². The van der Waals surface area contributed by atoms with Gasteiger partial charge >= 0.3 is 29.9 Å². The Labute approximate surface area is 181 Å². The lowest BCUT2D eigenvalue weighted by Gasteiger charge is -2.35. The summed E-state index contributed by atoms with van der Waals surface area (Å²) in [6.45, 7) is 0. The molecule has 0 aliphatic rings. The lowest BCUT2D eigenvalue weighted by molar-refractivity contribution is -0.360. The van der Waals surface area contributed by atoms with Crippen molar-refractivity contribution in [2.24, 2.45) is 0 Å². The van der Waals surface area contributed by atoms with Gasteiger partial charge in [0.1, 0.15) is 27.2 Å². The molecule has 168 valence electrons. The van der Waals surface area contributed by atoms with Gasteiger partial charge in [0.25, 0.3) is 10.1 Å². The molecule has 0 saturated carbocycles. The van der Waals surface area contributed by atoms with Crippen LogP contribution < -0.4 is 15.7 Å². The van der Waals surface area contributed by atoms with Gasteiger partial charge in [-0.1, -0.05) is 29.4 Å². The van der Waals surface area contributed by atoms with Crippen molar-refractivity contribution in [2.75, 3.05) is 5.75 Å². The number of esters is 2. The maximum Gasteiger partial charge on any atom is 0.438 e. The summed E-state index contributed by atoms with van der Waals surface area (Å²) in [6, 6.07) is 2.41. The van der Waals surface area contributed by atoms with Gasteiger partial charge in [-0.25, -0.2) is 9.59 Å². The van der Waals surface area contributed by atoms with E-state index in [-0.39, 0.29) is 40.7 Å². The van der Waals surface area contributed by atoms with Crippen LogP contribution in [0, 0.1) is 0 Å². The van der Waals surface area contributed by atoms with Gasteiger partial charge in [0.15, 0.2) is 0 Å². The summed E-state index contributed by atoms with van der Waals surface area (Å²) in [6.07, 6.45) is -13.4. The molecule has 0 bridgehead atoms. The van der Waals surface area contributed by atoms with Crippen molar-refractivity contribution in [1.29, 1.82) is 0 Å². The molecule has 1 aromatic carbocycles. The normalized spacial score (nSPS) is 13.2. The maximum absolute atomic E-state index is 13.1. The first-order valence-corrected chi connectivity index (χ1v) is 9.53. The van der Waals surface area contributed by atoms with E-state index in [0.29, 0.717) is 0 Å². The van der Waals surface area contributed by atoms with Crippen molar-refractivity contribution >= 4 is 56.5 Å². The molecule has 7 nitrogen and oxygen atoms in total. The third-order valence-corrected chi connectivity index (χ3v) is 4.34. The van der Waals surface area contributed by atoms with E-state index >= 15 is 0 Å². The Kier molecular flexibility index (Phi) is 8.29. The Balaban J connectivity index is 3.18. The lowest BCUT2D eigenvalue weighted by Crippen LogP contribution is -2.63. The monoisotopic (exact) mass is 480 g/mol. The zero-order valence-corrected chi connectivity index (χ0v) is 16.3. The van der Waals surface area contributed by atoms with Gasteiger partial charge in [0.05, 0.1) is 7.85 Å². The van der Waals surface area contributed by atoms with Crippen molar-refractivity contribution in [3.05, 3.63) is 29.8 Å². The fourth-order valence-electron chi connectivity index (χ4n) is 2.22. The first kappa shape index (κ1) is 27.6. The van der Waals surface area contributed by atoms with Crippen LogP contribution in [0.15, 0.2) is 24.3 Å². The van der Waals surface area contributed by atoms with Gasteiger partial charge in [-0.3, -0.25) is 4.55 Å². The van der Waals surface area contributed by atoms with Gasteiger partial charge in [-0.15, -0.1) is 0 Å². The summed E-state index contributed by atoms with van der Waals surface area (Å²) >= 11 is 0. The topological polar surface area (TPSA) is 107 Å². The number of hydrogen-bond acceptors (Lipinski definition) is 6. The van der Waals surface area contributed by atoms with Gasteiger partial charge in [0, 0.05) is 12.2 Å². The second-order valence-electron chi connectivity index (χ2n) is 6.03. The number of benzene rings is 1. The minimum atomic E-state index is -6.51. The quantitative estimate of drug-likeness (QED) is 0.143. The molecule has 1 rings (SSSR count). The van der Waals surface area contributed by atoms with Gasteiger partial charge in [-0.2, -0.15) is 34.8 Å². The average Bonchev–Trinajstić information content (AvgIpc) is 2.58. The van der Waals surface area contributed by atoms with Crippen LogP contribution in [0.1, 0.15) is 5.56 Å². The van der Waals surface area contributed by atoms with E-state index in [9.17, 15) is 44.3 Å². The number of alkyl halides is 6. The molecule has 0 saturated heterocycles. The molecule has 17 heteroatoms. The number of carbonyl (C=O) groups excluding carboxylic acids is 2. The Morgan fingerprint density at radius 1 is 1.00 bits per heavy atom. The summed E-state index contributed by atoms with van der Waals surface area (Å²) in [5.74, 6) is -7.33. The Bertz CT molecular complexity index is 1010. The molecule has 0 aliphatic heterocycles. The van der Waals surface area contributed by atoms with Gasteiger partial charge < -0.3 is 9.47 Å². The molecule has 0 unspecified atom stereocenters. The van der Waals surface area contributed by atoms with E-state index in [1.54, 1.807) is 0 Å². The molecule has 1 aromatic rings. The number of ether oxygens (including phenoxy) is 2. The molecule has 0 aromatic heterocycles.